The Hall–Kier alpha value is -2.50. The summed E-state index contributed by atoms with van der Waals surface area (Å²) >= 11 is 0. The highest BCUT2D eigenvalue weighted by Crippen LogP contribution is 2.11. The molecule has 0 saturated carbocycles. The van der Waals surface area contributed by atoms with Gasteiger partial charge in [0.2, 0.25) is 0 Å². The molecule has 0 spiro atoms. The first kappa shape index (κ1) is 14.9. The van der Waals surface area contributed by atoms with Gasteiger partial charge in [-0.25, -0.2) is 0 Å². The average Bonchev–Trinajstić information content (AvgIpc) is 3.04. The zero-order valence-electron chi connectivity index (χ0n) is 12.6. The molecule has 112 valence electrons. The lowest BCUT2D eigenvalue weighted by Crippen LogP contribution is -2.23. The SMILES string of the molecule is Cc1c(C(=O)NCc2ccc(C(=O)N(C)C)o2)ccn1C. The number of nitrogens with zero attached hydrogens (tertiary/aromatic N) is 2. The van der Waals surface area contributed by atoms with Crippen LogP contribution in [-0.2, 0) is 13.6 Å². The Morgan fingerprint density at radius 1 is 1.29 bits per heavy atom. The fourth-order valence-corrected chi connectivity index (χ4v) is 1.92. The number of carbonyl (C=O) groups excluding carboxylic acids is 2. The number of hydrogen-bond acceptors (Lipinski definition) is 3. The highest BCUT2D eigenvalue weighted by atomic mass is 16.4. The fraction of sp³-hybridized carbons (Fsp3) is 0.333. The van der Waals surface area contributed by atoms with Crippen molar-refractivity contribution in [3.8, 4) is 0 Å². The van der Waals surface area contributed by atoms with Crippen LogP contribution in [0.3, 0.4) is 0 Å². The molecule has 0 aliphatic heterocycles. The van der Waals surface area contributed by atoms with E-state index < -0.39 is 0 Å². The summed E-state index contributed by atoms with van der Waals surface area (Å²) in [7, 11) is 5.20. The van der Waals surface area contributed by atoms with Crippen LogP contribution in [0.15, 0.2) is 28.8 Å². The molecule has 0 fully saturated rings. The molecule has 1 N–H and O–H groups in total. The molecule has 0 radical (unpaired) electrons. The van der Waals surface area contributed by atoms with E-state index in [9.17, 15) is 9.59 Å². The second-order valence-corrected chi connectivity index (χ2v) is 5.07. The molecule has 0 aliphatic carbocycles. The molecule has 6 heteroatoms. The normalized spacial score (nSPS) is 10.5. The smallest absolute Gasteiger partial charge is 0.289 e. The zero-order valence-corrected chi connectivity index (χ0v) is 12.6. The van der Waals surface area contributed by atoms with Gasteiger partial charge in [-0.2, -0.15) is 0 Å². The molecule has 0 aliphatic rings. The van der Waals surface area contributed by atoms with Crippen molar-refractivity contribution in [1.29, 1.82) is 0 Å². The summed E-state index contributed by atoms with van der Waals surface area (Å²) in [5.41, 5.74) is 1.53. The molecule has 2 heterocycles. The average molecular weight is 289 g/mol. The second-order valence-electron chi connectivity index (χ2n) is 5.07. The van der Waals surface area contributed by atoms with E-state index in [4.69, 9.17) is 4.42 Å². The number of nitrogens with one attached hydrogen (secondary N) is 1. The van der Waals surface area contributed by atoms with Crippen LogP contribution in [0.5, 0.6) is 0 Å². The lowest BCUT2D eigenvalue weighted by Gasteiger charge is -2.07. The predicted octanol–water partition coefficient (Wildman–Crippen LogP) is 1.56. The Bertz CT molecular complexity index is 668. The van der Waals surface area contributed by atoms with Gasteiger partial charge in [-0.1, -0.05) is 0 Å². The lowest BCUT2D eigenvalue weighted by molar-refractivity contribution is 0.0794. The molecule has 2 amide bonds. The van der Waals surface area contributed by atoms with Crippen LogP contribution >= 0.6 is 0 Å². The van der Waals surface area contributed by atoms with Crippen LogP contribution in [0, 0.1) is 6.92 Å². The van der Waals surface area contributed by atoms with Crippen LogP contribution in [0.1, 0.15) is 32.4 Å². The molecule has 2 aromatic heterocycles. The number of rotatable bonds is 4. The number of furan rings is 1. The Morgan fingerprint density at radius 2 is 2.00 bits per heavy atom. The topological polar surface area (TPSA) is 67.5 Å². The molecule has 0 unspecified atom stereocenters. The van der Waals surface area contributed by atoms with Gasteiger partial charge >= 0.3 is 0 Å². The molecule has 0 atom stereocenters. The standard InChI is InChI=1S/C15H19N3O3/c1-10-12(7-8-18(10)4)14(19)16-9-11-5-6-13(21-11)15(20)17(2)3/h5-8H,9H2,1-4H3,(H,16,19). The van der Waals surface area contributed by atoms with E-state index >= 15 is 0 Å². The van der Waals surface area contributed by atoms with Gasteiger partial charge in [0.15, 0.2) is 5.76 Å². The maximum absolute atomic E-state index is 12.1. The van der Waals surface area contributed by atoms with E-state index in [0.29, 0.717) is 11.3 Å². The summed E-state index contributed by atoms with van der Waals surface area (Å²) in [6.45, 7) is 2.13. The summed E-state index contributed by atoms with van der Waals surface area (Å²) in [6, 6.07) is 5.07. The third-order valence-electron chi connectivity index (χ3n) is 3.33. The summed E-state index contributed by atoms with van der Waals surface area (Å²) < 4.78 is 7.30. The van der Waals surface area contributed by atoms with Crippen molar-refractivity contribution in [2.75, 3.05) is 14.1 Å². The monoisotopic (exact) mass is 289 g/mol. The second kappa shape index (κ2) is 5.87. The molecule has 2 aromatic rings. The quantitative estimate of drug-likeness (QED) is 0.928. The number of aryl methyl sites for hydroxylation is 1. The molecule has 0 aromatic carbocycles. The molecule has 6 nitrogen and oxygen atoms in total. The first-order valence-electron chi connectivity index (χ1n) is 6.60. The van der Waals surface area contributed by atoms with Crippen molar-refractivity contribution in [3.05, 3.63) is 47.2 Å². The van der Waals surface area contributed by atoms with Gasteiger partial charge in [0.1, 0.15) is 5.76 Å². The van der Waals surface area contributed by atoms with Crippen molar-refractivity contribution < 1.29 is 14.0 Å². The van der Waals surface area contributed by atoms with Crippen LogP contribution in [-0.4, -0.2) is 35.4 Å². The van der Waals surface area contributed by atoms with E-state index in [0.717, 1.165) is 5.69 Å². The molecule has 2 rings (SSSR count). The maximum Gasteiger partial charge on any atom is 0.289 e. The van der Waals surface area contributed by atoms with Gasteiger partial charge in [0, 0.05) is 33.0 Å². The maximum atomic E-state index is 12.1. The summed E-state index contributed by atoms with van der Waals surface area (Å²) in [6.07, 6.45) is 1.84. The van der Waals surface area contributed by atoms with Gasteiger partial charge in [-0.15, -0.1) is 0 Å². The van der Waals surface area contributed by atoms with E-state index in [1.807, 2.05) is 24.7 Å². The fourth-order valence-electron chi connectivity index (χ4n) is 1.92. The summed E-state index contributed by atoms with van der Waals surface area (Å²) in [5.74, 6) is 0.443. The third kappa shape index (κ3) is 3.16. The Labute approximate surface area is 123 Å². The third-order valence-corrected chi connectivity index (χ3v) is 3.33. The van der Waals surface area contributed by atoms with Gasteiger partial charge in [0.05, 0.1) is 12.1 Å². The van der Waals surface area contributed by atoms with E-state index in [1.165, 1.54) is 4.90 Å². The first-order valence-corrected chi connectivity index (χ1v) is 6.60. The number of aromatic nitrogens is 1. The molecular formula is C15H19N3O3. The van der Waals surface area contributed by atoms with Crippen molar-refractivity contribution in [3.63, 3.8) is 0 Å². The van der Waals surface area contributed by atoms with Gasteiger partial charge in [-0.3, -0.25) is 9.59 Å². The number of hydrogen-bond donors (Lipinski definition) is 1. The Balaban J connectivity index is 1.99. The largest absolute Gasteiger partial charge is 0.454 e. The molecule has 21 heavy (non-hydrogen) atoms. The predicted molar refractivity (Wildman–Crippen MR) is 78.0 cm³/mol. The minimum Gasteiger partial charge on any atom is -0.454 e. The molecule has 0 saturated heterocycles. The highest BCUT2D eigenvalue weighted by Gasteiger charge is 2.15. The van der Waals surface area contributed by atoms with Crippen LogP contribution < -0.4 is 5.32 Å². The zero-order chi connectivity index (χ0) is 15.6. The minimum atomic E-state index is -0.202. The van der Waals surface area contributed by atoms with Crippen molar-refractivity contribution in [2.45, 2.75) is 13.5 Å². The Kier molecular flexibility index (Phi) is 4.16. The Morgan fingerprint density at radius 3 is 2.57 bits per heavy atom. The summed E-state index contributed by atoms with van der Waals surface area (Å²) in [4.78, 5) is 25.2. The van der Waals surface area contributed by atoms with E-state index in [1.54, 1.807) is 32.3 Å². The number of carbonyl (C=O) groups is 2. The molecular weight excluding hydrogens is 270 g/mol. The van der Waals surface area contributed by atoms with Gasteiger partial charge < -0.3 is 19.2 Å². The molecule has 0 bridgehead atoms. The van der Waals surface area contributed by atoms with E-state index in [2.05, 4.69) is 5.32 Å². The van der Waals surface area contributed by atoms with E-state index in [-0.39, 0.29) is 24.1 Å². The lowest BCUT2D eigenvalue weighted by atomic mass is 10.2. The van der Waals surface area contributed by atoms with Crippen LogP contribution in [0.25, 0.3) is 0 Å². The minimum absolute atomic E-state index is 0.162. The van der Waals surface area contributed by atoms with Crippen molar-refractivity contribution in [1.82, 2.24) is 14.8 Å². The van der Waals surface area contributed by atoms with Crippen molar-refractivity contribution >= 4 is 11.8 Å². The highest BCUT2D eigenvalue weighted by molar-refractivity contribution is 5.95. The van der Waals surface area contributed by atoms with Gasteiger partial charge in [0.25, 0.3) is 11.8 Å². The van der Waals surface area contributed by atoms with Crippen LogP contribution in [0.2, 0.25) is 0 Å². The van der Waals surface area contributed by atoms with Crippen molar-refractivity contribution in [2.24, 2.45) is 7.05 Å². The van der Waals surface area contributed by atoms with Crippen LogP contribution in [0.4, 0.5) is 0 Å². The summed E-state index contributed by atoms with van der Waals surface area (Å²) in [5, 5.41) is 2.78. The number of amides is 2. The first-order chi connectivity index (χ1) is 9.90. The van der Waals surface area contributed by atoms with Gasteiger partial charge in [-0.05, 0) is 25.1 Å².